The number of ether oxygens (including phenoxy) is 2. The van der Waals surface area contributed by atoms with Gasteiger partial charge < -0.3 is 19.9 Å². The number of thiocarbonyl (C=S) groups is 1. The number of thioether (sulfide) groups is 1. The summed E-state index contributed by atoms with van der Waals surface area (Å²) in [5, 5.41) is 11.1. The van der Waals surface area contributed by atoms with E-state index in [0.29, 0.717) is 20.7 Å². The molecule has 8 heteroatoms. The lowest BCUT2D eigenvalue weighted by molar-refractivity contribution is -0.139. The minimum absolute atomic E-state index is 0.241. The van der Waals surface area contributed by atoms with Crippen LogP contribution < -0.4 is 14.8 Å². The van der Waals surface area contributed by atoms with Gasteiger partial charge in [-0.05, 0) is 23.8 Å². The van der Waals surface area contributed by atoms with Crippen LogP contribution in [0.2, 0.25) is 0 Å². The summed E-state index contributed by atoms with van der Waals surface area (Å²) in [6, 6.07) is 4.94. The van der Waals surface area contributed by atoms with Crippen LogP contribution in [0.1, 0.15) is 5.56 Å². The third-order valence-corrected chi connectivity index (χ3v) is 3.64. The van der Waals surface area contributed by atoms with Crippen molar-refractivity contribution in [2.75, 3.05) is 13.7 Å². The average molecular weight is 325 g/mol. The van der Waals surface area contributed by atoms with Crippen molar-refractivity contribution in [3.63, 3.8) is 0 Å². The van der Waals surface area contributed by atoms with Crippen molar-refractivity contribution in [2.45, 2.75) is 0 Å². The monoisotopic (exact) mass is 325 g/mol. The zero-order valence-electron chi connectivity index (χ0n) is 10.9. The van der Waals surface area contributed by atoms with Gasteiger partial charge in [0.2, 0.25) is 0 Å². The second kappa shape index (κ2) is 6.59. The zero-order chi connectivity index (χ0) is 15.4. The largest absolute Gasteiger partial charge is 0.493 e. The summed E-state index contributed by atoms with van der Waals surface area (Å²) >= 11 is 6.09. The van der Waals surface area contributed by atoms with Crippen LogP contribution in [0.4, 0.5) is 0 Å². The van der Waals surface area contributed by atoms with Crippen LogP contribution in [0.3, 0.4) is 0 Å². The Labute approximate surface area is 130 Å². The molecule has 110 valence electrons. The van der Waals surface area contributed by atoms with Crippen LogP contribution in [0.5, 0.6) is 11.5 Å². The molecule has 1 aliphatic heterocycles. The Morgan fingerprint density at radius 3 is 2.81 bits per heavy atom. The van der Waals surface area contributed by atoms with Gasteiger partial charge in [-0.2, -0.15) is 0 Å². The van der Waals surface area contributed by atoms with E-state index in [1.54, 1.807) is 24.3 Å². The molecule has 1 fully saturated rings. The number of hydrogen-bond acceptors (Lipinski definition) is 6. The van der Waals surface area contributed by atoms with E-state index in [1.165, 1.54) is 18.9 Å². The van der Waals surface area contributed by atoms with Crippen molar-refractivity contribution >= 4 is 46.3 Å². The number of carbonyl (C=O) groups excluding carboxylic acids is 1. The van der Waals surface area contributed by atoms with Crippen molar-refractivity contribution in [1.82, 2.24) is 5.32 Å². The van der Waals surface area contributed by atoms with Gasteiger partial charge >= 0.3 is 5.97 Å². The van der Waals surface area contributed by atoms with E-state index in [2.05, 4.69) is 5.32 Å². The Balaban J connectivity index is 2.23. The maximum atomic E-state index is 11.6. The first kappa shape index (κ1) is 15.3. The average Bonchev–Trinajstić information content (AvgIpc) is 2.75. The molecule has 1 saturated heterocycles. The van der Waals surface area contributed by atoms with Crippen LogP contribution in [-0.2, 0) is 9.59 Å². The lowest BCUT2D eigenvalue weighted by Gasteiger charge is -2.09. The molecule has 1 aromatic rings. The number of carbonyl (C=O) groups is 2. The number of carboxylic acid groups (broad SMARTS) is 1. The van der Waals surface area contributed by atoms with E-state index in [0.717, 1.165) is 5.56 Å². The number of amides is 1. The fraction of sp³-hybridized carbons (Fsp3) is 0.154. The maximum absolute atomic E-state index is 11.6. The fourth-order valence-corrected chi connectivity index (χ4v) is 2.65. The topological polar surface area (TPSA) is 84.9 Å². The number of carboxylic acids is 1. The molecule has 1 heterocycles. The summed E-state index contributed by atoms with van der Waals surface area (Å²) in [5.41, 5.74) is 0.719. The van der Waals surface area contributed by atoms with Crippen LogP contribution in [0.15, 0.2) is 23.1 Å². The lowest BCUT2D eigenvalue weighted by Crippen LogP contribution is -2.17. The molecule has 0 aliphatic carbocycles. The van der Waals surface area contributed by atoms with Gasteiger partial charge in [0.1, 0.15) is 4.32 Å². The second-order valence-electron chi connectivity index (χ2n) is 3.94. The molecule has 2 N–H and O–H groups in total. The number of nitrogens with one attached hydrogen (secondary N) is 1. The number of aliphatic carboxylic acids is 1. The Morgan fingerprint density at radius 2 is 2.24 bits per heavy atom. The van der Waals surface area contributed by atoms with E-state index in [9.17, 15) is 9.59 Å². The van der Waals surface area contributed by atoms with Crippen molar-refractivity contribution in [1.29, 1.82) is 0 Å². The molecular formula is C13H11NO5S2. The first-order valence-electron chi connectivity index (χ1n) is 5.77. The summed E-state index contributed by atoms with van der Waals surface area (Å²) in [4.78, 5) is 22.6. The molecule has 0 radical (unpaired) electrons. The SMILES string of the molecule is COc1cc(/C=C2/SC(=S)NC2=O)ccc1OCC(=O)O. The van der Waals surface area contributed by atoms with Gasteiger partial charge in [0, 0.05) is 0 Å². The normalized spacial score (nSPS) is 16.0. The van der Waals surface area contributed by atoms with E-state index in [1.807, 2.05) is 0 Å². The molecule has 0 bridgehead atoms. The van der Waals surface area contributed by atoms with Crippen LogP contribution in [0, 0.1) is 0 Å². The summed E-state index contributed by atoms with van der Waals surface area (Å²) in [6.45, 7) is -0.455. The minimum atomic E-state index is -1.07. The Morgan fingerprint density at radius 1 is 1.48 bits per heavy atom. The number of benzene rings is 1. The van der Waals surface area contributed by atoms with Crippen LogP contribution in [0.25, 0.3) is 6.08 Å². The number of hydrogen-bond donors (Lipinski definition) is 2. The minimum Gasteiger partial charge on any atom is -0.493 e. The van der Waals surface area contributed by atoms with Gasteiger partial charge in [0.05, 0.1) is 12.0 Å². The highest BCUT2D eigenvalue weighted by atomic mass is 32.2. The molecule has 2 rings (SSSR count). The van der Waals surface area contributed by atoms with Gasteiger partial charge in [0.25, 0.3) is 5.91 Å². The molecule has 0 aromatic heterocycles. The van der Waals surface area contributed by atoms with Crippen molar-refractivity contribution in [3.8, 4) is 11.5 Å². The van der Waals surface area contributed by atoms with Crippen molar-refractivity contribution in [3.05, 3.63) is 28.7 Å². The van der Waals surface area contributed by atoms with Gasteiger partial charge in [-0.1, -0.05) is 30.0 Å². The number of methoxy groups -OCH3 is 1. The zero-order valence-corrected chi connectivity index (χ0v) is 12.5. The molecule has 0 atom stereocenters. The smallest absolute Gasteiger partial charge is 0.341 e. The Kier molecular flexibility index (Phi) is 4.81. The van der Waals surface area contributed by atoms with Crippen LogP contribution in [-0.4, -0.2) is 35.0 Å². The van der Waals surface area contributed by atoms with E-state index < -0.39 is 12.6 Å². The standard InChI is InChI=1S/C13H11NO5S2/c1-18-9-4-7(2-3-8(9)19-6-11(15)16)5-10-12(17)14-13(20)21-10/h2-5H,6H2,1H3,(H,15,16)(H,14,17,20)/b10-5+. The third-order valence-electron chi connectivity index (χ3n) is 2.48. The van der Waals surface area contributed by atoms with Crippen molar-refractivity contribution in [2.24, 2.45) is 0 Å². The number of rotatable bonds is 5. The third kappa shape index (κ3) is 3.96. The van der Waals surface area contributed by atoms with Crippen LogP contribution >= 0.6 is 24.0 Å². The Hall–Kier alpha value is -2.06. The van der Waals surface area contributed by atoms with E-state index in [-0.39, 0.29) is 5.91 Å². The molecule has 0 spiro atoms. The summed E-state index contributed by atoms with van der Waals surface area (Å²) in [6.07, 6.45) is 1.67. The highest BCUT2D eigenvalue weighted by molar-refractivity contribution is 8.26. The van der Waals surface area contributed by atoms with Gasteiger partial charge in [-0.3, -0.25) is 4.79 Å². The summed E-state index contributed by atoms with van der Waals surface area (Å²) < 4.78 is 10.7. The van der Waals surface area contributed by atoms with E-state index >= 15 is 0 Å². The molecule has 1 amide bonds. The second-order valence-corrected chi connectivity index (χ2v) is 5.66. The molecule has 1 aliphatic rings. The molecule has 0 saturated carbocycles. The van der Waals surface area contributed by atoms with Gasteiger partial charge in [-0.25, -0.2) is 4.79 Å². The van der Waals surface area contributed by atoms with E-state index in [4.69, 9.17) is 26.8 Å². The highest BCUT2D eigenvalue weighted by Gasteiger charge is 2.22. The molecule has 0 unspecified atom stereocenters. The molecular weight excluding hydrogens is 314 g/mol. The molecule has 6 nitrogen and oxygen atoms in total. The molecule has 21 heavy (non-hydrogen) atoms. The maximum Gasteiger partial charge on any atom is 0.341 e. The summed E-state index contributed by atoms with van der Waals surface area (Å²) in [7, 11) is 1.45. The van der Waals surface area contributed by atoms with Gasteiger partial charge in [0.15, 0.2) is 18.1 Å². The quantitative estimate of drug-likeness (QED) is 0.629. The first-order chi connectivity index (χ1) is 9.99. The molecule has 1 aromatic carbocycles. The lowest BCUT2D eigenvalue weighted by atomic mass is 10.2. The fourth-order valence-electron chi connectivity index (χ4n) is 1.61. The van der Waals surface area contributed by atoms with Crippen molar-refractivity contribution < 1.29 is 24.2 Å². The highest BCUT2D eigenvalue weighted by Crippen LogP contribution is 2.31. The predicted molar refractivity (Wildman–Crippen MR) is 82.4 cm³/mol. The Bertz CT molecular complexity index is 641. The summed E-state index contributed by atoms with van der Waals surface area (Å²) in [5.74, 6) is -0.608. The van der Waals surface area contributed by atoms with Gasteiger partial charge in [-0.15, -0.1) is 0 Å². The first-order valence-corrected chi connectivity index (χ1v) is 6.99. The predicted octanol–water partition coefficient (Wildman–Crippen LogP) is 1.65.